The Balaban J connectivity index is 2.16. The van der Waals surface area contributed by atoms with Crippen molar-refractivity contribution in [1.82, 2.24) is 4.57 Å². The van der Waals surface area contributed by atoms with Crippen LogP contribution in [0.4, 0.5) is 0 Å². The van der Waals surface area contributed by atoms with Crippen molar-refractivity contribution in [1.29, 1.82) is 0 Å². The molecule has 1 heterocycles. The number of rotatable bonds is 2. The number of hydrogen-bond acceptors (Lipinski definition) is 0. The topological polar surface area (TPSA) is 4.93 Å². The molecule has 114 valence electrons. The normalized spacial score (nSPS) is 11.4. The highest BCUT2D eigenvalue weighted by Gasteiger charge is 2.14. The Morgan fingerprint density at radius 2 is 1.48 bits per heavy atom. The summed E-state index contributed by atoms with van der Waals surface area (Å²) in [5.74, 6) is 0. The van der Waals surface area contributed by atoms with Crippen molar-refractivity contribution in [2.45, 2.75) is 27.2 Å². The lowest BCUT2D eigenvalue weighted by molar-refractivity contribution is 1.12. The summed E-state index contributed by atoms with van der Waals surface area (Å²) >= 11 is 0. The first-order valence-electron chi connectivity index (χ1n) is 8.29. The lowest BCUT2D eigenvalue weighted by Gasteiger charge is -2.10. The molecule has 1 nitrogen and oxygen atoms in total. The summed E-state index contributed by atoms with van der Waals surface area (Å²) in [6, 6.07) is 22.2. The Morgan fingerprint density at radius 3 is 2.22 bits per heavy atom. The van der Waals surface area contributed by atoms with Crippen LogP contribution >= 0.6 is 0 Å². The Bertz CT molecular complexity index is 1000. The molecule has 0 amide bonds. The molecule has 0 bridgehead atoms. The number of aryl methyl sites for hydroxylation is 3. The highest BCUT2D eigenvalue weighted by atomic mass is 15.0. The van der Waals surface area contributed by atoms with Crippen LogP contribution in [-0.2, 0) is 6.42 Å². The third-order valence-corrected chi connectivity index (χ3v) is 4.83. The molecule has 23 heavy (non-hydrogen) atoms. The van der Waals surface area contributed by atoms with Gasteiger partial charge in [-0.25, -0.2) is 0 Å². The third-order valence-electron chi connectivity index (χ3n) is 4.83. The van der Waals surface area contributed by atoms with Gasteiger partial charge in [0.05, 0.1) is 11.0 Å². The van der Waals surface area contributed by atoms with Crippen LogP contribution in [0.15, 0.2) is 60.7 Å². The number of benzene rings is 3. The molecule has 0 saturated heterocycles. The van der Waals surface area contributed by atoms with Crippen molar-refractivity contribution >= 4 is 21.8 Å². The van der Waals surface area contributed by atoms with E-state index < -0.39 is 0 Å². The van der Waals surface area contributed by atoms with Gasteiger partial charge in [0.2, 0.25) is 0 Å². The summed E-state index contributed by atoms with van der Waals surface area (Å²) in [5, 5.41) is 2.71. The first-order chi connectivity index (χ1) is 11.2. The zero-order chi connectivity index (χ0) is 16.0. The highest BCUT2D eigenvalue weighted by molar-refractivity contribution is 6.11. The molecule has 0 spiro atoms. The quantitative estimate of drug-likeness (QED) is 0.430. The largest absolute Gasteiger partial charge is 0.309 e. The summed E-state index contributed by atoms with van der Waals surface area (Å²) in [6.07, 6.45) is 1.07. The van der Waals surface area contributed by atoms with Crippen LogP contribution in [0.2, 0.25) is 0 Å². The Kier molecular flexibility index (Phi) is 3.23. The van der Waals surface area contributed by atoms with E-state index in [1.165, 1.54) is 44.2 Å². The zero-order valence-electron chi connectivity index (χ0n) is 13.9. The lowest BCUT2D eigenvalue weighted by Crippen LogP contribution is -1.95. The third kappa shape index (κ3) is 2.08. The van der Waals surface area contributed by atoms with E-state index in [9.17, 15) is 0 Å². The zero-order valence-corrected chi connectivity index (χ0v) is 13.9. The second kappa shape index (κ2) is 5.27. The van der Waals surface area contributed by atoms with E-state index >= 15 is 0 Å². The van der Waals surface area contributed by atoms with E-state index in [1.807, 2.05) is 0 Å². The molecular formula is C22H21N. The Labute approximate surface area is 137 Å². The minimum Gasteiger partial charge on any atom is -0.309 e. The van der Waals surface area contributed by atoms with Gasteiger partial charge >= 0.3 is 0 Å². The van der Waals surface area contributed by atoms with Crippen LogP contribution in [0, 0.1) is 13.8 Å². The molecule has 0 fully saturated rings. The average molecular weight is 299 g/mol. The van der Waals surface area contributed by atoms with Gasteiger partial charge in [0.25, 0.3) is 0 Å². The molecule has 0 unspecified atom stereocenters. The first kappa shape index (κ1) is 14.1. The molecule has 0 radical (unpaired) electrons. The van der Waals surface area contributed by atoms with Crippen LogP contribution in [0.25, 0.3) is 27.5 Å². The summed E-state index contributed by atoms with van der Waals surface area (Å²) in [4.78, 5) is 0. The molecule has 1 aromatic heterocycles. The van der Waals surface area contributed by atoms with Gasteiger partial charge in [-0.3, -0.25) is 0 Å². The monoisotopic (exact) mass is 299 g/mol. The van der Waals surface area contributed by atoms with E-state index in [4.69, 9.17) is 0 Å². The molecule has 0 aliphatic rings. The van der Waals surface area contributed by atoms with E-state index in [0.29, 0.717) is 0 Å². The number of fused-ring (bicyclic) bond motifs is 3. The molecule has 3 aromatic carbocycles. The van der Waals surface area contributed by atoms with Gasteiger partial charge < -0.3 is 4.57 Å². The molecule has 0 aliphatic heterocycles. The number of hydrogen-bond donors (Lipinski definition) is 0. The van der Waals surface area contributed by atoms with Gasteiger partial charge in [-0.1, -0.05) is 49.4 Å². The maximum atomic E-state index is 2.41. The fourth-order valence-electron chi connectivity index (χ4n) is 3.62. The van der Waals surface area contributed by atoms with E-state index in [1.54, 1.807) is 0 Å². The molecule has 4 rings (SSSR count). The van der Waals surface area contributed by atoms with Crippen LogP contribution in [-0.4, -0.2) is 4.57 Å². The minimum absolute atomic E-state index is 1.07. The number of para-hydroxylation sites is 1. The second-order valence-electron chi connectivity index (χ2n) is 6.30. The van der Waals surface area contributed by atoms with Crippen molar-refractivity contribution in [3.05, 3.63) is 77.4 Å². The minimum atomic E-state index is 1.07. The summed E-state index contributed by atoms with van der Waals surface area (Å²) < 4.78 is 2.41. The lowest BCUT2D eigenvalue weighted by atomic mass is 10.1. The number of aromatic nitrogens is 1. The van der Waals surface area contributed by atoms with Gasteiger partial charge in [-0.15, -0.1) is 0 Å². The van der Waals surface area contributed by atoms with Gasteiger partial charge in [-0.05, 0) is 55.2 Å². The van der Waals surface area contributed by atoms with Crippen LogP contribution in [0.3, 0.4) is 0 Å². The predicted molar refractivity (Wildman–Crippen MR) is 99.6 cm³/mol. The Morgan fingerprint density at radius 1 is 0.783 bits per heavy atom. The fourth-order valence-corrected chi connectivity index (χ4v) is 3.62. The van der Waals surface area contributed by atoms with Crippen molar-refractivity contribution in [2.75, 3.05) is 0 Å². The second-order valence-corrected chi connectivity index (χ2v) is 6.30. The van der Waals surface area contributed by atoms with E-state index in [2.05, 4.69) is 86.0 Å². The standard InChI is InChI=1S/C22H21N/c1-4-17-11-13-18(14-12-17)23-20-10-6-7-15(2)21(20)19-9-5-8-16(3)22(19)23/h5-14H,4H2,1-3H3. The molecule has 0 aliphatic carbocycles. The average Bonchev–Trinajstić information content (AvgIpc) is 2.92. The maximum Gasteiger partial charge on any atom is 0.0570 e. The molecule has 4 aromatic rings. The van der Waals surface area contributed by atoms with Crippen molar-refractivity contribution in [2.24, 2.45) is 0 Å². The molecule has 0 N–H and O–H groups in total. The van der Waals surface area contributed by atoms with Crippen molar-refractivity contribution in [3.63, 3.8) is 0 Å². The summed E-state index contributed by atoms with van der Waals surface area (Å²) in [6.45, 7) is 6.60. The molecular weight excluding hydrogens is 278 g/mol. The van der Waals surface area contributed by atoms with E-state index in [-0.39, 0.29) is 0 Å². The summed E-state index contributed by atoms with van der Waals surface area (Å²) in [5.41, 5.74) is 7.88. The molecule has 0 saturated carbocycles. The van der Waals surface area contributed by atoms with Gasteiger partial charge in [-0.2, -0.15) is 0 Å². The van der Waals surface area contributed by atoms with Gasteiger partial charge in [0.15, 0.2) is 0 Å². The van der Waals surface area contributed by atoms with Gasteiger partial charge in [0, 0.05) is 16.5 Å². The molecule has 0 atom stereocenters. The predicted octanol–water partition coefficient (Wildman–Crippen LogP) is 5.96. The Hall–Kier alpha value is -2.54. The SMILES string of the molecule is CCc1ccc(-n2c3cccc(C)c3c3cccc(C)c32)cc1. The van der Waals surface area contributed by atoms with Crippen molar-refractivity contribution < 1.29 is 0 Å². The van der Waals surface area contributed by atoms with E-state index in [0.717, 1.165) is 6.42 Å². The summed E-state index contributed by atoms with van der Waals surface area (Å²) in [7, 11) is 0. The van der Waals surface area contributed by atoms with Crippen molar-refractivity contribution in [3.8, 4) is 5.69 Å². The van der Waals surface area contributed by atoms with Crippen LogP contribution < -0.4 is 0 Å². The van der Waals surface area contributed by atoms with Crippen LogP contribution in [0.1, 0.15) is 23.6 Å². The smallest absolute Gasteiger partial charge is 0.0570 e. The fraction of sp³-hybridized carbons (Fsp3) is 0.182. The number of nitrogens with zero attached hydrogens (tertiary/aromatic N) is 1. The van der Waals surface area contributed by atoms with Crippen LogP contribution in [0.5, 0.6) is 0 Å². The maximum absolute atomic E-state index is 2.41. The first-order valence-corrected chi connectivity index (χ1v) is 8.29. The molecule has 1 heteroatoms. The van der Waals surface area contributed by atoms with Gasteiger partial charge in [0.1, 0.15) is 0 Å². The highest BCUT2D eigenvalue weighted by Crippen LogP contribution is 2.35.